The maximum atomic E-state index is 12.9. The van der Waals surface area contributed by atoms with E-state index in [0.717, 1.165) is 11.3 Å². The summed E-state index contributed by atoms with van der Waals surface area (Å²) in [6.07, 6.45) is 1.85. The van der Waals surface area contributed by atoms with Crippen molar-refractivity contribution in [1.29, 1.82) is 0 Å². The van der Waals surface area contributed by atoms with Crippen LogP contribution < -0.4 is 5.32 Å². The number of esters is 1. The number of ether oxygens (including phenoxy) is 1. The van der Waals surface area contributed by atoms with Gasteiger partial charge < -0.3 is 24.6 Å². The summed E-state index contributed by atoms with van der Waals surface area (Å²) in [6.45, 7) is 2.65. The molecule has 2 aromatic carbocycles. The van der Waals surface area contributed by atoms with Gasteiger partial charge in [0.15, 0.2) is 0 Å². The average molecular weight is 448 g/mol. The zero-order chi connectivity index (χ0) is 23.4. The second-order valence-corrected chi connectivity index (χ2v) is 7.67. The van der Waals surface area contributed by atoms with E-state index in [9.17, 15) is 19.5 Å². The summed E-state index contributed by atoms with van der Waals surface area (Å²) in [4.78, 5) is 42.4. The average Bonchev–Trinajstić information content (AvgIpc) is 3.21. The van der Waals surface area contributed by atoms with Crippen LogP contribution in [0.15, 0.2) is 60.9 Å². The Balaban J connectivity index is 1.49. The van der Waals surface area contributed by atoms with Gasteiger partial charge in [-0.2, -0.15) is 0 Å². The molecule has 33 heavy (non-hydrogen) atoms. The maximum Gasteiger partial charge on any atom is 0.338 e. The van der Waals surface area contributed by atoms with E-state index in [1.165, 1.54) is 4.90 Å². The first-order valence-corrected chi connectivity index (χ1v) is 10.6. The monoisotopic (exact) mass is 448 g/mol. The molecule has 2 amide bonds. The summed E-state index contributed by atoms with van der Waals surface area (Å²) >= 11 is 0. The lowest BCUT2D eigenvalue weighted by Crippen LogP contribution is -2.50. The van der Waals surface area contributed by atoms with E-state index in [4.69, 9.17) is 4.74 Å². The molecule has 0 spiro atoms. The first-order chi connectivity index (χ1) is 16.0. The van der Waals surface area contributed by atoms with E-state index in [1.807, 2.05) is 34.9 Å². The largest absolute Gasteiger partial charge is 0.480 e. The normalized spacial score (nSPS) is 14.9. The molecule has 0 radical (unpaired) electrons. The van der Waals surface area contributed by atoms with Gasteiger partial charge in [-0.15, -0.1) is 0 Å². The number of hydrogen-bond acceptors (Lipinski definition) is 5. The van der Waals surface area contributed by atoms with E-state index in [1.54, 1.807) is 37.5 Å². The maximum absolute atomic E-state index is 12.9. The number of imidazole rings is 1. The fourth-order valence-electron chi connectivity index (χ4n) is 3.83. The third-order valence-electron chi connectivity index (χ3n) is 5.50. The molecule has 0 saturated heterocycles. The molecule has 0 fully saturated rings. The summed E-state index contributed by atoms with van der Waals surface area (Å²) in [7, 11) is 0. The minimum Gasteiger partial charge on any atom is -0.480 e. The molecule has 0 saturated carbocycles. The van der Waals surface area contributed by atoms with Crippen molar-refractivity contribution >= 4 is 23.7 Å². The summed E-state index contributed by atoms with van der Waals surface area (Å²) < 4.78 is 6.88. The molecule has 2 N–H and O–H groups in total. The lowest BCUT2D eigenvalue weighted by atomic mass is 10.0. The second-order valence-electron chi connectivity index (χ2n) is 7.67. The number of carboxylic acid groups (broad SMARTS) is 1. The van der Waals surface area contributed by atoms with Crippen LogP contribution in [0.25, 0.3) is 0 Å². The predicted molar refractivity (Wildman–Crippen MR) is 120 cm³/mol. The number of urea groups is 1. The van der Waals surface area contributed by atoms with Crippen molar-refractivity contribution in [3.8, 4) is 0 Å². The molecule has 4 rings (SSSR count). The zero-order valence-electron chi connectivity index (χ0n) is 18.1. The van der Waals surface area contributed by atoms with Gasteiger partial charge in [-0.3, -0.25) is 0 Å². The Morgan fingerprint density at radius 3 is 2.52 bits per heavy atom. The molecule has 170 valence electrons. The Morgan fingerprint density at radius 2 is 1.85 bits per heavy atom. The predicted octanol–water partition coefficient (Wildman–Crippen LogP) is 3.15. The third-order valence-corrected chi connectivity index (χ3v) is 5.50. The molecule has 9 nitrogen and oxygen atoms in total. The van der Waals surface area contributed by atoms with Crippen molar-refractivity contribution in [2.75, 3.05) is 11.9 Å². The fraction of sp³-hybridized carbons (Fsp3) is 0.250. The molecule has 0 aliphatic carbocycles. The van der Waals surface area contributed by atoms with Gasteiger partial charge in [0, 0.05) is 24.3 Å². The molecule has 1 aliphatic rings. The van der Waals surface area contributed by atoms with Crippen molar-refractivity contribution in [3.63, 3.8) is 0 Å². The number of hydrogen-bond donors (Lipinski definition) is 2. The Morgan fingerprint density at radius 1 is 1.12 bits per heavy atom. The molecule has 1 atom stereocenters. The molecular weight excluding hydrogens is 424 g/mol. The number of aliphatic carboxylic acids is 1. The number of carboxylic acids is 1. The number of anilines is 1. The molecule has 9 heteroatoms. The van der Waals surface area contributed by atoms with Crippen molar-refractivity contribution in [2.45, 2.75) is 32.5 Å². The summed E-state index contributed by atoms with van der Waals surface area (Å²) in [6, 6.07) is 14.5. The highest BCUT2D eigenvalue weighted by Gasteiger charge is 2.37. The third kappa shape index (κ3) is 4.87. The van der Waals surface area contributed by atoms with Gasteiger partial charge >= 0.3 is 18.0 Å². The highest BCUT2D eigenvalue weighted by atomic mass is 16.5. The highest BCUT2D eigenvalue weighted by Crippen LogP contribution is 2.25. The van der Waals surface area contributed by atoms with Crippen LogP contribution in [0.5, 0.6) is 0 Å². The Bertz CT molecular complexity index is 1160. The second kappa shape index (κ2) is 9.56. The molecule has 3 aromatic rings. The molecule has 1 aromatic heterocycles. The lowest BCUT2D eigenvalue weighted by molar-refractivity contribution is -0.142. The van der Waals surface area contributed by atoms with Gasteiger partial charge in [-0.05, 0) is 36.8 Å². The van der Waals surface area contributed by atoms with Crippen LogP contribution >= 0.6 is 0 Å². The number of aromatic nitrogens is 2. The quantitative estimate of drug-likeness (QED) is 0.560. The Kier molecular flexibility index (Phi) is 6.39. The summed E-state index contributed by atoms with van der Waals surface area (Å²) in [5, 5.41) is 12.5. The number of rotatable bonds is 6. The van der Waals surface area contributed by atoms with Gasteiger partial charge in [0.25, 0.3) is 0 Å². The van der Waals surface area contributed by atoms with Crippen LogP contribution in [0.3, 0.4) is 0 Å². The first-order valence-electron chi connectivity index (χ1n) is 10.6. The van der Waals surface area contributed by atoms with Gasteiger partial charge in [0.2, 0.25) is 0 Å². The fourth-order valence-corrected chi connectivity index (χ4v) is 3.83. The smallest absolute Gasteiger partial charge is 0.338 e. The van der Waals surface area contributed by atoms with Crippen LogP contribution in [0.2, 0.25) is 0 Å². The molecular formula is C24H24N4O5. The molecule has 1 aliphatic heterocycles. The lowest BCUT2D eigenvalue weighted by Gasteiger charge is -2.33. The van der Waals surface area contributed by atoms with E-state index in [2.05, 4.69) is 10.3 Å². The minimum atomic E-state index is -1.08. The Hall–Kier alpha value is -4.14. The molecule has 1 unspecified atom stereocenters. The topological polar surface area (TPSA) is 114 Å². The summed E-state index contributed by atoms with van der Waals surface area (Å²) in [5.41, 5.74) is 3.38. The number of fused-ring (bicyclic) bond motifs is 1. The van der Waals surface area contributed by atoms with E-state index < -0.39 is 24.0 Å². The van der Waals surface area contributed by atoms with Gasteiger partial charge in [-0.1, -0.05) is 30.3 Å². The van der Waals surface area contributed by atoms with Gasteiger partial charge in [0.05, 0.1) is 30.7 Å². The first kappa shape index (κ1) is 22.1. The standard InChI is InChI=1S/C24H24N4O5/c1-2-33-23(31)17-8-10-18(11-9-17)26-24(32)28-14-19-20(12-21(28)22(29)30)27(15-25-19)13-16-6-4-3-5-7-16/h3-11,15,21H,2,12-14H2,1H3,(H,26,32)(H,29,30). The SMILES string of the molecule is CCOC(=O)c1ccc(NC(=O)N2Cc3ncn(Cc4ccccc4)c3CC2C(=O)O)cc1. The van der Waals surface area contributed by atoms with Crippen LogP contribution in [-0.4, -0.2) is 50.2 Å². The number of nitrogens with one attached hydrogen (secondary N) is 1. The van der Waals surface area contributed by atoms with Crippen molar-refractivity contribution in [2.24, 2.45) is 0 Å². The van der Waals surface area contributed by atoms with Crippen LogP contribution in [-0.2, 0) is 29.0 Å². The number of nitrogens with zero attached hydrogens (tertiary/aromatic N) is 3. The molecule has 2 heterocycles. The number of amides is 2. The van der Waals surface area contributed by atoms with E-state index >= 15 is 0 Å². The van der Waals surface area contributed by atoms with E-state index in [-0.39, 0.29) is 19.6 Å². The number of benzene rings is 2. The Labute approximate surface area is 190 Å². The number of carbonyl (C=O) groups excluding carboxylic acids is 2. The highest BCUT2D eigenvalue weighted by molar-refractivity contribution is 5.94. The van der Waals surface area contributed by atoms with Gasteiger partial charge in [-0.25, -0.2) is 19.4 Å². The van der Waals surface area contributed by atoms with Crippen LogP contribution in [0, 0.1) is 0 Å². The molecule has 0 bridgehead atoms. The minimum absolute atomic E-state index is 0.0842. The zero-order valence-corrected chi connectivity index (χ0v) is 18.1. The number of carbonyl (C=O) groups is 3. The summed E-state index contributed by atoms with van der Waals surface area (Å²) in [5.74, 6) is -1.53. The van der Waals surface area contributed by atoms with Crippen LogP contribution in [0.4, 0.5) is 10.5 Å². The van der Waals surface area contributed by atoms with Crippen molar-refractivity contribution in [1.82, 2.24) is 14.5 Å². The van der Waals surface area contributed by atoms with Crippen molar-refractivity contribution in [3.05, 3.63) is 83.4 Å². The van der Waals surface area contributed by atoms with Gasteiger partial charge in [0.1, 0.15) is 6.04 Å². The van der Waals surface area contributed by atoms with E-state index in [0.29, 0.717) is 23.5 Å². The van der Waals surface area contributed by atoms with Crippen molar-refractivity contribution < 1.29 is 24.2 Å². The van der Waals surface area contributed by atoms with Crippen LogP contribution in [0.1, 0.15) is 34.2 Å².